The number of nitrogens with one attached hydrogen (secondary N) is 2. The normalized spacial score (nSPS) is 27.3. The second kappa shape index (κ2) is 8.96. The van der Waals surface area contributed by atoms with E-state index < -0.39 is 0 Å². The van der Waals surface area contributed by atoms with Crippen LogP contribution in [0, 0.1) is 0 Å². The molecule has 2 aromatic rings. The lowest BCUT2D eigenvalue weighted by Gasteiger charge is -2.48. The van der Waals surface area contributed by atoms with Crippen LogP contribution in [0.4, 0.5) is 10.5 Å². The number of urea groups is 1. The van der Waals surface area contributed by atoms with E-state index in [1.807, 2.05) is 0 Å². The lowest BCUT2D eigenvalue weighted by atomic mass is 9.69. The molecule has 9 heteroatoms. The number of anilines is 1. The molecule has 1 aromatic carbocycles. The molecule has 0 radical (unpaired) electrons. The van der Waals surface area contributed by atoms with Crippen LogP contribution in [-0.2, 0) is 5.54 Å². The van der Waals surface area contributed by atoms with E-state index in [1.54, 1.807) is 22.2 Å². The van der Waals surface area contributed by atoms with Crippen molar-refractivity contribution in [3.05, 3.63) is 54.1 Å². The molecular weight excluding hydrogens is 430 g/mol. The van der Waals surface area contributed by atoms with Crippen molar-refractivity contribution >= 4 is 17.6 Å². The van der Waals surface area contributed by atoms with Gasteiger partial charge in [-0.3, -0.25) is 14.6 Å². The van der Waals surface area contributed by atoms with Gasteiger partial charge in [0.15, 0.2) is 0 Å². The Hall–Kier alpha value is -3.04. The smallest absolute Gasteiger partial charge is 0.322 e. The minimum Gasteiger partial charge on any atom is -0.333 e. The Kier molecular flexibility index (Phi) is 5.99. The number of carbonyl (C=O) groups excluding carboxylic acids is 2. The van der Waals surface area contributed by atoms with Crippen molar-refractivity contribution in [2.45, 2.75) is 36.8 Å². The number of hydrogen-bond donors (Lipinski definition) is 2. The minimum atomic E-state index is -0.263. The van der Waals surface area contributed by atoms with E-state index in [1.165, 1.54) is 5.56 Å². The first-order valence-electron chi connectivity index (χ1n) is 12.1. The topological polar surface area (TPSA) is 93.7 Å². The fourth-order valence-electron chi connectivity index (χ4n) is 5.66. The van der Waals surface area contributed by atoms with Crippen LogP contribution in [0.3, 0.4) is 0 Å². The molecule has 3 aliphatic rings. The SMILES string of the molecule is CN(C)C1(c2ccccc2)CCC2(CC1)CN(c1cnc(C(=O)N3CCNCC3)nc1)C(=O)N2. The standard InChI is InChI=1S/C25H33N7O2/c1-30(2)25(19-6-4-3-5-7-19)10-8-24(9-11-25)18-32(23(34)29-24)20-16-27-21(28-17-20)22(33)31-14-12-26-13-15-31/h3-7,16-17,26H,8-15,18H2,1-2H3,(H,29,34). The van der Waals surface area contributed by atoms with E-state index in [4.69, 9.17) is 0 Å². The molecule has 1 spiro atoms. The summed E-state index contributed by atoms with van der Waals surface area (Å²) in [5, 5.41) is 6.50. The molecule has 2 aliphatic heterocycles. The van der Waals surface area contributed by atoms with Gasteiger partial charge in [0, 0.05) is 31.7 Å². The third-order valence-electron chi connectivity index (χ3n) is 7.82. The molecule has 1 aromatic heterocycles. The van der Waals surface area contributed by atoms with Gasteiger partial charge in [-0.2, -0.15) is 0 Å². The highest BCUT2D eigenvalue weighted by Crippen LogP contribution is 2.46. The molecular formula is C25H33N7O2. The van der Waals surface area contributed by atoms with Gasteiger partial charge in [-0.1, -0.05) is 30.3 Å². The molecule has 0 atom stereocenters. The molecule has 1 saturated carbocycles. The van der Waals surface area contributed by atoms with E-state index in [9.17, 15) is 9.59 Å². The Bertz CT molecular complexity index is 1030. The van der Waals surface area contributed by atoms with E-state index in [0.29, 0.717) is 25.3 Å². The summed E-state index contributed by atoms with van der Waals surface area (Å²) in [6, 6.07) is 10.5. The Morgan fingerprint density at radius 2 is 1.65 bits per heavy atom. The summed E-state index contributed by atoms with van der Waals surface area (Å²) in [7, 11) is 4.29. The zero-order chi connectivity index (χ0) is 23.8. The second-order valence-electron chi connectivity index (χ2n) is 9.90. The zero-order valence-corrected chi connectivity index (χ0v) is 20.0. The second-order valence-corrected chi connectivity index (χ2v) is 9.90. The number of carbonyl (C=O) groups is 2. The van der Waals surface area contributed by atoms with Gasteiger partial charge in [0.1, 0.15) is 0 Å². The Morgan fingerprint density at radius 1 is 1.00 bits per heavy atom. The van der Waals surface area contributed by atoms with Gasteiger partial charge in [0.05, 0.1) is 30.2 Å². The van der Waals surface area contributed by atoms with Gasteiger partial charge in [0.25, 0.3) is 5.91 Å². The number of nitrogens with zero attached hydrogens (tertiary/aromatic N) is 5. The molecule has 1 aliphatic carbocycles. The van der Waals surface area contributed by atoms with Crippen LogP contribution in [0.25, 0.3) is 0 Å². The molecule has 3 amide bonds. The van der Waals surface area contributed by atoms with Crippen molar-refractivity contribution in [1.82, 2.24) is 30.4 Å². The van der Waals surface area contributed by atoms with Crippen LogP contribution in [0.15, 0.2) is 42.7 Å². The maximum absolute atomic E-state index is 12.9. The Morgan fingerprint density at radius 3 is 2.26 bits per heavy atom. The predicted octanol–water partition coefficient (Wildman–Crippen LogP) is 1.82. The molecule has 5 rings (SSSR count). The Labute approximate surface area is 200 Å². The fourth-order valence-corrected chi connectivity index (χ4v) is 5.66. The third-order valence-corrected chi connectivity index (χ3v) is 7.82. The third kappa shape index (κ3) is 4.03. The number of piperazine rings is 1. The predicted molar refractivity (Wildman–Crippen MR) is 130 cm³/mol. The average molecular weight is 464 g/mol. The van der Waals surface area contributed by atoms with Crippen molar-refractivity contribution < 1.29 is 9.59 Å². The van der Waals surface area contributed by atoms with E-state index in [2.05, 4.69) is 69.9 Å². The van der Waals surface area contributed by atoms with E-state index in [-0.39, 0.29) is 28.8 Å². The molecule has 34 heavy (non-hydrogen) atoms. The first-order chi connectivity index (χ1) is 16.4. The summed E-state index contributed by atoms with van der Waals surface area (Å²) in [5.74, 6) is 0.0138. The van der Waals surface area contributed by atoms with Crippen LogP contribution in [0.1, 0.15) is 41.9 Å². The van der Waals surface area contributed by atoms with Gasteiger partial charge in [-0.15, -0.1) is 0 Å². The number of aromatic nitrogens is 2. The average Bonchev–Trinajstić information content (AvgIpc) is 3.20. The molecule has 2 N–H and O–H groups in total. The largest absolute Gasteiger partial charge is 0.333 e. The maximum Gasteiger partial charge on any atom is 0.322 e. The van der Waals surface area contributed by atoms with Gasteiger partial charge in [0.2, 0.25) is 5.82 Å². The highest BCUT2D eigenvalue weighted by atomic mass is 16.2. The van der Waals surface area contributed by atoms with E-state index in [0.717, 1.165) is 38.8 Å². The molecule has 0 unspecified atom stereocenters. The van der Waals surface area contributed by atoms with Gasteiger partial charge in [-0.25, -0.2) is 14.8 Å². The summed E-state index contributed by atoms with van der Waals surface area (Å²) in [5.41, 5.74) is 1.66. The van der Waals surface area contributed by atoms with E-state index >= 15 is 0 Å². The lowest BCUT2D eigenvalue weighted by Crippen LogP contribution is -2.54. The molecule has 3 heterocycles. The van der Waals surface area contributed by atoms with Gasteiger partial charge in [-0.05, 0) is 45.3 Å². The summed E-state index contributed by atoms with van der Waals surface area (Å²) in [6.45, 7) is 3.44. The van der Waals surface area contributed by atoms with Crippen molar-refractivity contribution in [3.8, 4) is 0 Å². The monoisotopic (exact) mass is 463 g/mol. The van der Waals surface area contributed by atoms with Crippen LogP contribution >= 0.6 is 0 Å². The summed E-state index contributed by atoms with van der Waals surface area (Å²) >= 11 is 0. The lowest BCUT2D eigenvalue weighted by molar-refractivity contribution is 0.0657. The summed E-state index contributed by atoms with van der Waals surface area (Å²) < 4.78 is 0. The van der Waals surface area contributed by atoms with Crippen LogP contribution < -0.4 is 15.5 Å². The molecule has 3 fully saturated rings. The van der Waals surface area contributed by atoms with Gasteiger partial charge < -0.3 is 15.5 Å². The first-order valence-corrected chi connectivity index (χ1v) is 12.1. The van der Waals surface area contributed by atoms with Crippen LogP contribution in [0.2, 0.25) is 0 Å². The van der Waals surface area contributed by atoms with Crippen LogP contribution in [0.5, 0.6) is 0 Å². The van der Waals surface area contributed by atoms with Gasteiger partial charge >= 0.3 is 6.03 Å². The van der Waals surface area contributed by atoms with Crippen molar-refractivity contribution in [3.63, 3.8) is 0 Å². The highest BCUT2D eigenvalue weighted by Gasteiger charge is 2.50. The zero-order valence-electron chi connectivity index (χ0n) is 20.0. The molecule has 0 bridgehead atoms. The quantitative estimate of drug-likeness (QED) is 0.719. The number of rotatable bonds is 4. The number of benzene rings is 1. The fraction of sp³-hybridized carbons (Fsp3) is 0.520. The molecule has 2 saturated heterocycles. The summed E-state index contributed by atoms with van der Waals surface area (Å²) in [4.78, 5) is 40.0. The Balaban J connectivity index is 1.28. The number of hydrogen-bond acceptors (Lipinski definition) is 6. The van der Waals surface area contributed by atoms with Crippen molar-refractivity contribution in [1.29, 1.82) is 0 Å². The highest BCUT2D eigenvalue weighted by molar-refractivity contribution is 5.95. The number of amides is 3. The molecule has 180 valence electrons. The van der Waals surface area contributed by atoms with Crippen molar-refractivity contribution in [2.24, 2.45) is 0 Å². The van der Waals surface area contributed by atoms with Crippen LogP contribution in [-0.4, -0.2) is 84.1 Å². The van der Waals surface area contributed by atoms with Crippen molar-refractivity contribution in [2.75, 3.05) is 51.7 Å². The maximum atomic E-state index is 12.9. The summed E-state index contributed by atoms with van der Waals surface area (Å²) in [6.07, 6.45) is 6.90. The minimum absolute atomic E-state index is 0.0280. The molecule has 9 nitrogen and oxygen atoms in total. The first kappa shape index (κ1) is 22.7.